The van der Waals surface area contributed by atoms with E-state index in [0.717, 1.165) is 0 Å². The highest BCUT2D eigenvalue weighted by atomic mass is 16.5. The molecule has 1 N–H and O–H groups in total. The molecule has 0 amide bonds. The van der Waals surface area contributed by atoms with Gasteiger partial charge >= 0.3 is 0 Å². The van der Waals surface area contributed by atoms with Gasteiger partial charge in [0.05, 0.1) is 7.11 Å². The van der Waals surface area contributed by atoms with Crippen LogP contribution in [0.4, 0.5) is 0 Å². The Labute approximate surface area is 151 Å². The molecule has 2 aromatic carbocycles. The lowest BCUT2D eigenvalue weighted by Gasteiger charge is -2.08. The lowest BCUT2D eigenvalue weighted by molar-refractivity contribution is 0.104. The second-order valence-corrected chi connectivity index (χ2v) is 5.49. The van der Waals surface area contributed by atoms with Crippen LogP contribution >= 0.6 is 0 Å². The molecule has 0 aliphatic carbocycles. The maximum absolute atomic E-state index is 12.1. The van der Waals surface area contributed by atoms with Gasteiger partial charge in [0.25, 0.3) is 0 Å². The van der Waals surface area contributed by atoms with Crippen LogP contribution in [0.5, 0.6) is 17.2 Å². The van der Waals surface area contributed by atoms with Crippen molar-refractivity contribution < 1.29 is 23.8 Å². The summed E-state index contributed by atoms with van der Waals surface area (Å²) >= 11 is 0. The van der Waals surface area contributed by atoms with E-state index >= 15 is 0 Å². The summed E-state index contributed by atoms with van der Waals surface area (Å²) < 4.78 is 16.6. The summed E-state index contributed by atoms with van der Waals surface area (Å²) in [6.07, 6.45) is 2.98. The first-order chi connectivity index (χ1) is 12.7. The molecule has 26 heavy (non-hydrogen) atoms. The molecule has 5 nitrogen and oxygen atoms in total. The van der Waals surface area contributed by atoms with Crippen LogP contribution < -0.4 is 9.47 Å². The maximum atomic E-state index is 12.1. The van der Waals surface area contributed by atoms with E-state index in [0.29, 0.717) is 28.6 Å². The molecule has 0 bridgehead atoms. The number of allylic oxidation sites excluding steroid dienone is 1. The van der Waals surface area contributed by atoms with Crippen molar-refractivity contribution >= 4 is 11.9 Å². The Morgan fingerprint density at radius 1 is 1.08 bits per heavy atom. The lowest BCUT2D eigenvalue weighted by Crippen LogP contribution is -1.96. The number of furan rings is 1. The largest absolute Gasteiger partial charge is 0.508 e. The van der Waals surface area contributed by atoms with Crippen LogP contribution in [0.1, 0.15) is 21.9 Å². The first kappa shape index (κ1) is 17.4. The molecular weight excluding hydrogens is 332 g/mol. The summed E-state index contributed by atoms with van der Waals surface area (Å²) in [5, 5.41) is 9.42. The second-order valence-electron chi connectivity index (χ2n) is 5.49. The topological polar surface area (TPSA) is 68.9 Å². The van der Waals surface area contributed by atoms with Crippen molar-refractivity contribution in [1.82, 2.24) is 0 Å². The van der Waals surface area contributed by atoms with Crippen molar-refractivity contribution in [2.24, 2.45) is 0 Å². The number of benzene rings is 2. The van der Waals surface area contributed by atoms with E-state index in [4.69, 9.17) is 13.9 Å². The fourth-order valence-corrected chi connectivity index (χ4v) is 2.36. The van der Waals surface area contributed by atoms with Gasteiger partial charge in [0.1, 0.15) is 23.9 Å². The molecule has 5 heteroatoms. The number of carbonyl (C=O) groups is 1. The van der Waals surface area contributed by atoms with Crippen LogP contribution in [-0.4, -0.2) is 18.0 Å². The molecule has 3 aromatic rings. The second kappa shape index (κ2) is 8.07. The number of methoxy groups -OCH3 is 1. The minimum absolute atomic E-state index is 0.0537. The van der Waals surface area contributed by atoms with Crippen LogP contribution in [0.2, 0.25) is 0 Å². The van der Waals surface area contributed by atoms with Crippen LogP contribution in [0, 0.1) is 0 Å². The van der Waals surface area contributed by atoms with Gasteiger partial charge in [0.2, 0.25) is 0 Å². The fraction of sp³-hybridized carbons (Fsp3) is 0.0952. The predicted octanol–water partition coefficient (Wildman–Crippen LogP) is 4.47. The number of phenolic OH excluding ortho intramolecular Hbond substituents is 1. The molecule has 0 aliphatic rings. The van der Waals surface area contributed by atoms with Crippen LogP contribution in [0.15, 0.2) is 71.2 Å². The zero-order valence-electron chi connectivity index (χ0n) is 14.2. The molecule has 0 saturated heterocycles. The molecule has 1 heterocycles. The summed E-state index contributed by atoms with van der Waals surface area (Å²) in [5.74, 6) is 2.28. The number of hydrogen-bond acceptors (Lipinski definition) is 5. The van der Waals surface area contributed by atoms with E-state index in [1.165, 1.54) is 18.2 Å². The molecule has 3 rings (SSSR count). The average Bonchev–Trinajstić information content (AvgIpc) is 3.12. The average molecular weight is 350 g/mol. The summed E-state index contributed by atoms with van der Waals surface area (Å²) in [6, 6.07) is 17.1. The molecule has 0 fully saturated rings. The van der Waals surface area contributed by atoms with Crippen molar-refractivity contribution in [1.29, 1.82) is 0 Å². The molecule has 0 spiro atoms. The SMILES string of the molecule is COc1ccccc1OCc1ccc(/C=C/C(=O)c2cccc(O)c2)o1. The zero-order valence-corrected chi connectivity index (χ0v) is 14.2. The van der Waals surface area contributed by atoms with E-state index in [1.807, 2.05) is 24.3 Å². The highest BCUT2D eigenvalue weighted by Crippen LogP contribution is 2.27. The van der Waals surface area contributed by atoms with Crippen LogP contribution in [0.3, 0.4) is 0 Å². The van der Waals surface area contributed by atoms with E-state index in [9.17, 15) is 9.90 Å². The molecule has 1 aromatic heterocycles. The summed E-state index contributed by atoms with van der Waals surface area (Å²) in [4.78, 5) is 12.1. The van der Waals surface area contributed by atoms with Gasteiger partial charge in [-0.25, -0.2) is 0 Å². The lowest BCUT2D eigenvalue weighted by atomic mass is 10.1. The van der Waals surface area contributed by atoms with Crippen molar-refractivity contribution in [3.05, 3.63) is 83.8 Å². The molecule has 0 radical (unpaired) electrons. The predicted molar refractivity (Wildman–Crippen MR) is 97.5 cm³/mol. The number of ether oxygens (including phenoxy) is 2. The Morgan fingerprint density at radius 3 is 2.65 bits per heavy atom. The van der Waals surface area contributed by atoms with Gasteiger partial charge in [0.15, 0.2) is 17.3 Å². The standard InChI is InChI=1S/C21H18O5/c1-24-20-7-2-3-8-21(20)25-14-18-10-9-17(26-18)11-12-19(23)15-5-4-6-16(22)13-15/h2-13,22H,14H2,1H3/b12-11+. The van der Waals surface area contributed by atoms with Crippen LogP contribution in [0.25, 0.3) is 6.08 Å². The van der Waals surface area contributed by atoms with Crippen molar-refractivity contribution in [2.75, 3.05) is 7.11 Å². The summed E-state index contributed by atoms with van der Waals surface area (Å²) in [5.41, 5.74) is 0.410. The van der Waals surface area contributed by atoms with E-state index < -0.39 is 0 Å². The number of para-hydroxylation sites is 2. The van der Waals surface area contributed by atoms with Crippen molar-refractivity contribution in [2.45, 2.75) is 6.61 Å². The Bertz CT molecular complexity index is 923. The number of rotatable bonds is 7. The number of hydrogen-bond donors (Lipinski definition) is 1. The number of carbonyl (C=O) groups excluding carboxylic acids is 1. The Morgan fingerprint density at radius 2 is 1.88 bits per heavy atom. The van der Waals surface area contributed by atoms with Gasteiger partial charge in [0, 0.05) is 5.56 Å². The third kappa shape index (κ3) is 4.33. The Kier molecular flexibility index (Phi) is 5.39. The zero-order chi connectivity index (χ0) is 18.4. The Hall–Kier alpha value is -3.47. The number of aromatic hydroxyl groups is 1. The molecule has 0 unspecified atom stereocenters. The van der Waals surface area contributed by atoms with Crippen molar-refractivity contribution in [3.8, 4) is 17.2 Å². The number of phenols is 1. The maximum Gasteiger partial charge on any atom is 0.186 e. The van der Waals surface area contributed by atoms with Gasteiger partial charge < -0.3 is 19.0 Å². The molecule has 0 aliphatic heterocycles. The van der Waals surface area contributed by atoms with Gasteiger partial charge in [-0.1, -0.05) is 24.3 Å². The summed E-state index contributed by atoms with van der Waals surface area (Å²) in [7, 11) is 1.58. The van der Waals surface area contributed by atoms with Gasteiger partial charge in [-0.15, -0.1) is 0 Å². The van der Waals surface area contributed by atoms with Gasteiger partial charge in [-0.3, -0.25) is 4.79 Å². The fourth-order valence-electron chi connectivity index (χ4n) is 2.36. The normalized spacial score (nSPS) is 10.8. The molecule has 0 saturated carbocycles. The monoisotopic (exact) mass is 350 g/mol. The number of ketones is 1. The third-order valence-corrected chi connectivity index (χ3v) is 3.65. The Balaban J connectivity index is 1.62. The third-order valence-electron chi connectivity index (χ3n) is 3.65. The van der Waals surface area contributed by atoms with Gasteiger partial charge in [-0.05, 0) is 48.6 Å². The quantitative estimate of drug-likeness (QED) is 0.503. The molecular formula is C21H18O5. The smallest absolute Gasteiger partial charge is 0.186 e. The van der Waals surface area contributed by atoms with Crippen molar-refractivity contribution in [3.63, 3.8) is 0 Å². The highest BCUT2D eigenvalue weighted by Gasteiger charge is 2.06. The van der Waals surface area contributed by atoms with Crippen LogP contribution in [-0.2, 0) is 6.61 Å². The highest BCUT2D eigenvalue weighted by molar-refractivity contribution is 6.06. The first-order valence-corrected chi connectivity index (χ1v) is 8.01. The molecule has 132 valence electrons. The first-order valence-electron chi connectivity index (χ1n) is 8.01. The summed E-state index contributed by atoms with van der Waals surface area (Å²) in [6.45, 7) is 0.245. The van der Waals surface area contributed by atoms with E-state index in [-0.39, 0.29) is 18.1 Å². The van der Waals surface area contributed by atoms with E-state index in [2.05, 4.69) is 0 Å². The molecule has 0 atom stereocenters. The minimum atomic E-state index is -0.218. The minimum Gasteiger partial charge on any atom is -0.508 e. The van der Waals surface area contributed by atoms with Gasteiger partial charge in [-0.2, -0.15) is 0 Å². The van der Waals surface area contributed by atoms with E-state index in [1.54, 1.807) is 37.5 Å².